The number of carbonyl (C=O) groups is 1. The first-order chi connectivity index (χ1) is 13.3. The van der Waals surface area contributed by atoms with Crippen molar-refractivity contribution in [1.82, 2.24) is 4.57 Å². The van der Waals surface area contributed by atoms with Gasteiger partial charge in [0, 0.05) is 6.54 Å². The number of benzene rings is 1. The SMILES string of the molecule is C=CCn1c(=O)/c(=C\c2ccc(OC(F)F)c(OC)c2)s/c1=C(\C#N)C(N)=O. The van der Waals surface area contributed by atoms with Crippen LogP contribution in [0.2, 0.25) is 0 Å². The van der Waals surface area contributed by atoms with Crippen molar-refractivity contribution in [2.24, 2.45) is 5.73 Å². The van der Waals surface area contributed by atoms with E-state index in [9.17, 15) is 23.6 Å². The summed E-state index contributed by atoms with van der Waals surface area (Å²) >= 11 is 0.905. The number of alkyl halides is 2. The number of rotatable bonds is 7. The van der Waals surface area contributed by atoms with E-state index in [1.807, 2.05) is 0 Å². The molecule has 10 heteroatoms. The van der Waals surface area contributed by atoms with Gasteiger partial charge in [0.2, 0.25) is 0 Å². The van der Waals surface area contributed by atoms with Crippen LogP contribution in [0.3, 0.4) is 0 Å². The molecule has 0 spiro atoms. The van der Waals surface area contributed by atoms with Crippen LogP contribution in [0.1, 0.15) is 5.56 Å². The third-order valence-corrected chi connectivity index (χ3v) is 4.62. The molecule has 1 amide bonds. The summed E-state index contributed by atoms with van der Waals surface area (Å²) in [5.74, 6) is -1.05. The van der Waals surface area contributed by atoms with Crippen molar-refractivity contribution in [3.63, 3.8) is 0 Å². The minimum Gasteiger partial charge on any atom is -0.493 e. The second kappa shape index (κ2) is 8.96. The number of primary amides is 1. The second-order valence-corrected chi connectivity index (χ2v) is 6.29. The van der Waals surface area contributed by atoms with Crippen LogP contribution < -0.4 is 30.0 Å². The van der Waals surface area contributed by atoms with Crippen LogP contribution in [0.25, 0.3) is 11.6 Å². The fraction of sp³-hybridized carbons (Fsp3) is 0.167. The lowest BCUT2D eigenvalue weighted by Crippen LogP contribution is -2.33. The Morgan fingerprint density at radius 1 is 1.46 bits per heavy atom. The Labute approximate surface area is 161 Å². The molecular weight excluding hydrogens is 392 g/mol. The Kier molecular flexibility index (Phi) is 6.68. The summed E-state index contributed by atoms with van der Waals surface area (Å²) < 4.78 is 35.8. The maximum Gasteiger partial charge on any atom is 0.387 e. The maximum absolute atomic E-state index is 12.7. The van der Waals surface area contributed by atoms with E-state index in [-0.39, 0.29) is 32.8 Å². The molecule has 146 valence electrons. The lowest BCUT2D eigenvalue weighted by Gasteiger charge is -2.09. The van der Waals surface area contributed by atoms with Crippen LogP contribution in [0.15, 0.2) is 35.6 Å². The van der Waals surface area contributed by atoms with Crippen LogP contribution in [0.4, 0.5) is 8.78 Å². The van der Waals surface area contributed by atoms with Gasteiger partial charge in [-0.25, -0.2) is 0 Å². The zero-order valence-electron chi connectivity index (χ0n) is 14.6. The molecule has 0 aliphatic carbocycles. The molecule has 0 saturated carbocycles. The summed E-state index contributed by atoms with van der Waals surface area (Å²) in [6.45, 7) is 0.612. The number of hydrogen-bond donors (Lipinski definition) is 1. The van der Waals surface area contributed by atoms with E-state index < -0.39 is 18.1 Å². The zero-order valence-corrected chi connectivity index (χ0v) is 15.5. The number of methoxy groups -OCH3 is 1. The van der Waals surface area contributed by atoms with Crippen molar-refractivity contribution in [2.45, 2.75) is 13.2 Å². The van der Waals surface area contributed by atoms with E-state index in [0.29, 0.717) is 5.56 Å². The highest BCUT2D eigenvalue weighted by atomic mass is 32.1. The molecule has 0 atom stereocenters. The highest BCUT2D eigenvalue weighted by molar-refractivity contribution is 7.07. The third kappa shape index (κ3) is 4.44. The number of ether oxygens (including phenoxy) is 2. The van der Waals surface area contributed by atoms with Gasteiger partial charge in [-0.2, -0.15) is 14.0 Å². The largest absolute Gasteiger partial charge is 0.493 e. The van der Waals surface area contributed by atoms with E-state index in [1.165, 1.54) is 42.0 Å². The number of allylic oxidation sites excluding steroid dienone is 1. The normalized spacial score (nSPS) is 12.5. The quantitative estimate of drug-likeness (QED) is 0.680. The first-order valence-electron chi connectivity index (χ1n) is 7.71. The predicted octanol–water partition coefficient (Wildman–Crippen LogP) is 0.694. The number of thiazole rings is 1. The lowest BCUT2D eigenvalue weighted by atomic mass is 10.2. The smallest absolute Gasteiger partial charge is 0.387 e. The van der Waals surface area contributed by atoms with Gasteiger partial charge >= 0.3 is 6.61 Å². The highest BCUT2D eigenvalue weighted by Gasteiger charge is 2.14. The number of aromatic nitrogens is 1. The summed E-state index contributed by atoms with van der Waals surface area (Å²) in [6, 6.07) is 5.86. The molecular formula is C18H15F2N3O4S. The van der Waals surface area contributed by atoms with Crippen molar-refractivity contribution in [2.75, 3.05) is 7.11 Å². The standard InChI is InChI=1S/C18H15F2N3O4S/c1-3-6-23-16(25)14(28-17(23)11(9-21)15(22)24)8-10-4-5-12(27-18(19)20)13(7-10)26-2/h3-5,7-8,18H,1,6H2,2H3,(H2,22,24)/b14-8+,17-11+. The van der Waals surface area contributed by atoms with Gasteiger partial charge in [-0.15, -0.1) is 17.9 Å². The zero-order chi connectivity index (χ0) is 20.8. The number of halogens is 2. The van der Waals surface area contributed by atoms with Crippen LogP contribution in [0, 0.1) is 11.3 Å². The van der Waals surface area contributed by atoms with Gasteiger partial charge in [-0.05, 0) is 23.8 Å². The molecule has 1 heterocycles. The highest BCUT2D eigenvalue weighted by Crippen LogP contribution is 2.29. The molecule has 0 radical (unpaired) electrons. The van der Waals surface area contributed by atoms with Crippen molar-refractivity contribution in [1.29, 1.82) is 5.26 Å². The summed E-state index contributed by atoms with van der Waals surface area (Å²) in [5.41, 5.74) is 4.88. The average Bonchev–Trinajstić information content (AvgIpc) is 2.93. The molecule has 0 bridgehead atoms. The first kappa shape index (κ1) is 20.9. The van der Waals surface area contributed by atoms with Gasteiger partial charge in [0.15, 0.2) is 17.1 Å². The average molecular weight is 407 g/mol. The fourth-order valence-corrected chi connectivity index (χ4v) is 3.44. The van der Waals surface area contributed by atoms with E-state index in [4.69, 9.17) is 10.5 Å². The first-order valence-corrected chi connectivity index (χ1v) is 8.53. The molecule has 2 rings (SSSR count). The molecule has 2 aromatic rings. The lowest BCUT2D eigenvalue weighted by molar-refractivity contribution is -0.112. The summed E-state index contributed by atoms with van der Waals surface area (Å²) in [7, 11) is 1.29. The number of nitrogens with zero attached hydrogens (tertiary/aromatic N) is 2. The number of nitriles is 1. The minimum absolute atomic E-state index is 0.0543. The number of amides is 1. The van der Waals surface area contributed by atoms with Gasteiger partial charge in [0.05, 0.1) is 11.6 Å². The molecule has 0 aliphatic rings. The molecule has 0 unspecified atom stereocenters. The third-order valence-electron chi connectivity index (χ3n) is 3.49. The Balaban J connectivity index is 2.71. The number of hydrogen-bond acceptors (Lipinski definition) is 6. The molecule has 28 heavy (non-hydrogen) atoms. The molecule has 2 N–H and O–H groups in total. The van der Waals surface area contributed by atoms with Gasteiger partial charge in [0.1, 0.15) is 10.7 Å². The number of nitrogens with two attached hydrogens (primary N) is 1. The summed E-state index contributed by atoms with van der Waals surface area (Å²) in [4.78, 5) is 24.2. The molecule has 1 aromatic carbocycles. The van der Waals surface area contributed by atoms with Gasteiger partial charge in [-0.1, -0.05) is 12.1 Å². The van der Waals surface area contributed by atoms with Crippen molar-refractivity contribution in [3.8, 4) is 17.6 Å². The Hall–Kier alpha value is -3.45. The Morgan fingerprint density at radius 3 is 2.71 bits per heavy atom. The molecule has 0 fully saturated rings. The van der Waals surface area contributed by atoms with E-state index in [1.54, 1.807) is 6.07 Å². The molecule has 1 aromatic heterocycles. The van der Waals surface area contributed by atoms with Crippen LogP contribution in [-0.2, 0) is 11.3 Å². The topological polar surface area (TPSA) is 107 Å². The fourth-order valence-electron chi connectivity index (χ4n) is 2.33. The Morgan fingerprint density at radius 2 is 2.18 bits per heavy atom. The molecule has 0 aliphatic heterocycles. The van der Waals surface area contributed by atoms with Gasteiger partial charge in [-0.3, -0.25) is 14.2 Å². The van der Waals surface area contributed by atoms with Crippen molar-refractivity contribution in [3.05, 3.63) is 56.0 Å². The van der Waals surface area contributed by atoms with Crippen LogP contribution in [-0.4, -0.2) is 24.2 Å². The monoisotopic (exact) mass is 407 g/mol. The second-order valence-electron chi connectivity index (χ2n) is 5.26. The van der Waals surface area contributed by atoms with Crippen molar-refractivity contribution < 1.29 is 23.0 Å². The minimum atomic E-state index is -3.01. The summed E-state index contributed by atoms with van der Waals surface area (Å²) in [5, 5.41) is 9.18. The van der Waals surface area contributed by atoms with E-state index in [0.717, 1.165) is 11.3 Å². The molecule has 7 nitrogen and oxygen atoms in total. The van der Waals surface area contributed by atoms with Gasteiger partial charge < -0.3 is 15.2 Å². The van der Waals surface area contributed by atoms with E-state index >= 15 is 0 Å². The number of carbonyl (C=O) groups excluding carboxylic acids is 1. The van der Waals surface area contributed by atoms with Crippen molar-refractivity contribution >= 4 is 28.9 Å². The van der Waals surface area contributed by atoms with Crippen LogP contribution >= 0.6 is 11.3 Å². The predicted molar refractivity (Wildman–Crippen MR) is 99.4 cm³/mol. The van der Waals surface area contributed by atoms with E-state index in [2.05, 4.69) is 11.3 Å². The van der Waals surface area contributed by atoms with Crippen LogP contribution in [0.5, 0.6) is 11.5 Å². The summed E-state index contributed by atoms with van der Waals surface area (Å²) in [6.07, 6.45) is 2.91. The maximum atomic E-state index is 12.7. The molecule has 0 saturated heterocycles. The van der Waals surface area contributed by atoms with Gasteiger partial charge in [0.25, 0.3) is 11.5 Å². The Bertz CT molecular complexity index is 1130.